The molecule has 0 atom stereocenters. The van der Waals surface area contributed by atoms with Crippen molar-refractivity contribution in [3.05, 3.63) is 33.0 Å². The van der Waals surface area contributed by atoms with Crippen molar-refractivity contribution in [1.29, 1.82) is 0 Å². The summed E-state index contributed by atoms with van der Waals surface area (Å²) in [6, 6.07) is 3.23. The number of nitrogens with one attached hydrogen (secondary N) is 1. The van der Waals surface area contributed by atoms with Crippen molar-refractivity contribution in [2.45, 2.75) is 25.0 Å². The van der Waals surface area contributed by atoms with E-state index >= 15 is 0 Å². The van der Waals surface area contributed by atoms with Crippen LogP contribution in [-0.4, -0.2) is 24.7 Å². The summed E-state index contributed by atoms with van der Waals surface area (Å²) in [5, 5.41) is 15.4. The zero-order valence-corrected chi connectivity index (χ0v) is 12.3. The van der Waals surface area contributed by atoms with E-state index in [1.807, 2.05) is 11.6 Å². The van der Waals surface area contributed by atoms with Crippen molar-refractivity contribution in [2.24, 2.45) is 8.02 Å². The van der Waals surface area contributed by atoms with E-state index in [0.29, 0.717) is 10.7 Å². The molecule has 7 heteroatoms. The van der Waals surface area contributed by atoms with Gasteiger partial charge in [0.25, 0.3) is 0 Å². The molecule has 0 fully saturated rings. The quantitative estimate of drug-likeness (QED) is 0.518. The van der Waals surface area contributed by atoms with E-state index in [-0.39, 0.29) is 10.6 Å². The topological polar surface area (TPSA) is 79.9 Å². The summed E-state index contributed by atoms with van der Waals surface area (Å²) >= 11 is -2.27. The Kier molecular flexibility index (Phi) is 3.36. The average Bonchev–Trinajstić information content (AvgIpc) is 2.60. The van der Waals surface area contributed by atoms with E-state index in [9.17, 15) is 10.1 Å². The Morgan fingerprint density at radius 2 is 2.00 bits per heavy atom. The van der Waals surface area contributed by atoms with Gasteiger partial charge < -0.3 is 0 Å². The minimum atomic E-state index is -2.27. The third kappa shape index (κ3) is 2.37. The summed E-state index contributed by atoms with van der Waals surface area (Å²) in [5.74, 6) is 3.98. The van der Waals surface area contributed by atoms with Crippen molar-refractivity contribution in [1.82, 2.24) is 0 Å². The van der Waals surface area contributed by atoms with Gasteiger partial charge in [-0.1, -0.05) is 0 Å². The van der Waals surface area contributed by atoms with Crippen molar-refractivity contribution < 1.29 is 4.92 Å². The molecule has 6 nitrogen and oxygen atoms in total. The molecule has 18 heavy (non-hydrogen) atoms. The van der Waals surface area contributed by atoms with E-state index in [0.717, 1.165) is 18.7 Å². The number of hydrogen-bond acceptors (Lipinski definition) is 5. The van der Waals surface area contributed by atoms with Gasteiger partial charge in [-0.05, 0) is 0 Å². The zero-order chi connectivity index (χ0) is 13.3. The van der Waals surface area contributed by atoms with Gasteiger partial charge in [0.1, 0.15) is 0 Å². The van der Waals surface area contributed by atoms with Gasteiger partial charge in [-0.15, -0.1) is 0 Å². The first-order valence-electron chi connectivity index (χ1n) is 5.69. The maximum atomic E-state index is 11.0. The Morgan fingerprint density at radius 1 is 1.33 bits per heavy atom. The second-order valence-corrected chi connectivity index (χ2v) is 10.3. The number of hydrogen-bond donors (Lipinski definition) is 1. The first kappa shape index (κ1) is 13.0. The van der Waals surface area contributed by atoms with Crippen LogP contribution in [0.2, 0.25) is 11.6 Å². The maximum absolute atomic E-state index is 11.0. The number of non-ortho nitro benzene ring substituents is 1. The average molecular weight is 315 g/mol. The van der Waals surface area contributed by atoms with Crippen LogP contribution in [0.1, 0.15) is 13.3 Å². The van der Waals surface area contributed by atoms with Crippen LogP contribution < -0.4 is 16.0 Å². The van der Waals surface area contributed by atoms with Crippen LogP contribution in [-0.2, 0) is 0 Å². The van der Waals surface area contributed by atoms with E-state index in [1.54, 1.807) is 6.07 Å². The Hall–Kier alpha value is -1.46. The molecule has 1 N–H and O–H groups in total. The van der Waals surface area contributed by atoms with Crippen molar-refractivity contribution in [3.63, 3.8) is 0 Å². The third-order valence-corrected chi connectivity index (χ3v) is 5.16. The molecule has 0 bridgehead atoms. The molecule has 0 radical (unpaired) electrons. The zero-order valence-electron chi connectivity index (χ0n) is 10.6. The summed E-state index contributed by atoms with van der Waals surface area (Å²) in [6.07, 6.45) is 0.991. The van der Waals surface area contributed by atoms with Crippen LogP contribution >= 0.6 is 0 Å². The number of rotatable bonds is 4. The summed E-state index contributed by atoms with van der Waals surface area (Å²) in [6.45, 7) is 2.89. The molecule has 0 aliphatic carbocycles. The van der Waals surface area contributed by atoms with Crippen LogP contribution in [0, 0.1) is 10.1 Å². The fourth-order valence-corrected chi connectivity index (χ4v) is 4.49. The summed E-state index contributed by atoms with van der Waals surface area (Å²) in [4.78, 5) is 10.6. The van der Waals surface area contributed by atoms with Crippen LogP contribution in [0.5, 0.6) is 0 Å². The monoisotopic (exact) mass is 316 g/mol. The molecular weight excluding hydrogens is 299 g/mol. The number of nitro benzene ring substituents is 1. The van der Waals surface area contributed by atoms with Gasteiger partial charge >= 0.3 is 107 Å². The first-order valence-corrected chi connectivity index (χ1v) is 10.6. The molecule has 1 heterocycles. The third-order valence-electron chi connectivity index (χ3n) is 2.52. The molecule has 98 valence electrons. The van der Waals surface area contributed by atoms with Gasteiger partial charge in [0.05, 0.1) is 0 Å². The molecular formula is C11H16N4O2Se. The predicted molar refractivity (Wildman–Crippen MR) is 71.7 cm³/mol. The van der Waals surface area contributed by atoms with Gasteiger partial charge in [-0.2, -0.15) is 0 Å². The Labute approximate surface area is 108 Å². The van der Waals surface area contributed by atoms with Gasteiger partial charge in [-0.25, -0.2) is 0 Å². The predicted octanol–water partition coefficient (Wildman–Crippen LogP) is 1.37. The van der Waals surface area contributed by atoms with Crippen LogP contribution in [0.3, 0.4) is 0 Å². The first-order chi connectivity index (χ1) is 8.44. The summed E-state index contributed by atoms with van der Waals surface area (Å²) in [5.41, 5.74) is 0.905. The number of anilines is 1. The van der Waals surface area contributed by atoms with E-state index in [4.69, 9.17) is 0 Å². The fraction of sp³-hybridized carbons (Fsp3) is 0.455. The van der Waals surface area contributed by atoms with Crippen LogP contribution in [0.4, 0.5) is 11.4 Å². The normalized spacial score (nSPS) is 17.3. The molecule has 0 saturated carbocycles. The molecule has 2 rings (SSSR count). The van der Waals surface area contributed by atoms with Gasteiger partial charge in [0.2, 0.25) is 0 Å². The SMILES string of the molecule is CCCNc1ccc([N+](=O)[O-])c2c1=N[Se](C)(C)N=2. The number of nitro groups is 1. The van der Waals surface area contributed by atoms with E-state index < -0.39 is 13.3 Å². The number of benzene rings is 1. The minimum absolute atomic E-state index is 0.0542. The van der Waals surface area contributed by atoms with E-state index in [2.05, 4.69) is 20.3 Å². The number of fused-ring (bicyclic) bond motifs is 1. The number of nitrogens with zero attached hydrogens (tertiary/aromatic N) is 3. The molecule has 0 unspecified atom stereocenters. The molecule has 0 amide bonds. The van der Waals surface area contributed by atoms with Crippen LogP contribution in [0.25, 0.3) is 0 Å². The molecule has 1 aromatic carbocycles. The molecule has 0 spiro atoms. The van der Waals surface area contributed by atoms with Gasteiger partial charge in [-0.3, -0.25) is 0 Å². The fourth-order valence-electron chi connectivity index (χ4n) is 1.77. The standard InChI is InChI=1S/C11H16N4O2Se/c1-4-7-12-8-5-6-9(15(16)17)11-10(8)13-18(2,3)14-11/h5-6,12H,4,7H2,1-3H3. The van der Waals surface area contributed by atoms with Gasteiger partial charge in [0.15, 0.2) is 0 Å². The molecule has 1 aliphatic heterocycles. The second kappa shape index (κ2) is 4.66. The van der Waals surface area contributed by atoms with Crippen LogP contribution in [0.15, 0.2) is 20.2 Å². The van der Waals surface area contributed by atoms with Crippen molar-refractivity contribution >= 4 is 24.7 Å². The van der Waals surface area contributed by atoms with Crippen molar-refractivity contribution in [3.8, 4) is 0 Å². The Morgan fingerprint density at radius 3 is 2.61 bits per heavy atom. The van der Waals surface area contributed by atoms with Gasteiger partial charge in [0, 0.05) is 0 Å². The van der Waals surface area contributed by atoms with Crippen molar-refractivity contribution in [2.75, 3.05) is 11.9 Å². The Balaban J connectivity index is 2.63. The second-order valence-electron chi connectivity index (χ2n) is 4.42. The molecule has 0 aromatic heterocycles. The summed E-state index contributed by atoms with van der Waals surface area (Å²) < 4.78 is 9.08. The van der Waals surface area contributed by atoms with E-state index in [1.165, 1.54) is 6.07 Å². The Bertz CT molecular complexity index is 612. The molecule has 1 aromatic rings. The molecule has 0 saturated heterocycles. The summed E-state index contributed by atoms with van der Waals surface area (Å²) in [7, 11) is 0. The molecule has 1 aliphatic rings.